The van der Waals surface area contributed by atoms with Crippen molar-refractivity contribution in [2.45, 2.75) is 6.18 Å². The number of piperazine rings is 1. The predicted molar refractivity (Wildman–Crippen MR) is 76.4 cm³/mol. The molecular formula is C16H16ClF3N2O2. The Morgan fingerprint density at radius 3 is 2.42 bits per heavy atom. The van der Waals surface area contributed by atoms with Crippen LogP contribution in [-0.4, -0.2) is 37.0 Å². The lowest BCUT2D eigenvalue weighted by atomic mass is 10.1. The van der Waals surface area contributed by atoms with Crippen molar-refractivity contribution in [1.29, 1.82) is 0 Å². The molecule has 0 bridgehead atoms. The molecule has 1 N–H and O–H groups in total. The highest BCUT2D eigenvalue weighted by molar-refractivity contribution is 5.91. The number of carbonyl (C=O) groups is 1. The van der Waals surface area contributed by atoms with Crippen LogP contribution >= 0.6 is 0 Å². The highest BCUT2D eigenvalue weighted by Gasteiger charge is 2.32. The number of halogens is 4. The van der Waals surface area contributed by atoms with Crippen LogP contribution in [0.4, 0.5) is 18.9 Å². The van der Waals surface area contributed by atoms with E-state index in [0.29, 0.717) is 31.9 Å². The Bertz CT molecular complexity index is 681. The van der Waals surface area contributed by atoms with Gasteiger partial charge in [0.05, 0.1) is 38.0 Å². The SMILES string of the molecule is O=C(c1ccco1)N1CC[NH+](c2cccc(C(F)(F)F)c2)CC1.[Cl-]. The van der Waals surface area contributed by atoms with E-state index in [9.17, 15) is 18.0 Å². The Labute approximate surface area is 143 Å². The van der Waals surface area contributed by atoms with Gasteiger partial charge in [-0.1, -0.05) is 6.07 Å². The van der Waals surface area contributed by atoms with Crippen LogP contribution in [0.1, 0.15) is 16.1 Å². The van der Waals surface area contributed by atoms with Crippen LogP contribution < -0.4 is 17.3 Å². The van der Waals surface area contributed by atoms with E-state index in [2.05, 4.69) is 0 Å². The number of alkyl halides is 3. The quantitative estimate of drug-likeness (QED) is 0.744. The van der Waals surface area contributed by atoms with E-state index >= 15 is 0 Å². The third-order valence-corrected chi connectivity index (χ3v) is 3.98. The molecule has 1 aromatic heterocycles. The molecule has 2 aromatic rings. The van der Waals surface area contributed by atoms with Crippen LogP contribution in [0.2, 0.25) is 0 Å². The normalized spacial score (nSPS) is 15.9. The van der Waals surface area contributed by atoms with E-state index in [1.165, 1.54) is 18.4 Å². The van der Waals surface area contributed by atoms with Gasteiger partial charge >= 0.3 is 6.18 Å². The summed E-state index contributed by atoms with van der Waals surface area (Å²) in [6.07, 6.45) is -2.90. The average molecular weight is 361 g/mol. The minimum Gasteiger partial charge on any atom is -1.00 e. The first kappa shape index (κ1) is 18.4. The molecule has 1 aliphatic heterocycles. The highest BCUT2D eigenvalue weighted by Crippen LogP contribution is 2.29. The van der Waals surface area contributed by atoms with Gasteiger partial charge in [-0.05, 0) is 24.3 Å². The van der Waals surface area contributed by atoms with Gasteiger partial charge in [-0.2, -0.15) is 13.2 Å². The summed E-state index contributed by atoms with van der Waals surface area (Å²) >= 11 is 0. The van der Waals surface area contributed by atoms with Crippen molar-refractivity contribution >= 4 is 11.6 Å². The maximum absolute atomic E-state index is 12.8. The lowest BCUT2D eigenvalue weighted by molar-refractivity contribution is -0.837. The topological polar surface area (TPSA) is 37.9 Å². The molecule has 0 unspecified atom stereocenters. The van der Waals surface area contributed by atoms with Gasteiger partial charge in [-0.25, -0.2) is 0 Å². The van der Waals surface area contributed by atoms with E-state index in [1.807, 2.05) is 0 Å². The number of amides is 1. The van der Waals surface area contributed by atoms with Gasteiger partial charge in [0.25, 0.3) is 5.91 Å². The fraction of sp³-hybridized carbons (Fsp3) is 0.312. The van der Waals surface area contributed by atoms with Crippen LogP contribution in [0.25, 0.3) is 0 Å². The number of benzene rings is 1. The molecule has 24 heavy (non-hydrogen) atoms. The van der Waals surface area contributed by atoms with Gasteiger partial charge in [0.15, 0.2) is 5.76 Å². The third kappa shape index (κ3) is 3.91. The number of quaternary nitrogens is 1. The standard InChI is InChI=1S/C16H15F3N2O2.ClH/c17-16(18,19)12-3-1-4-13(11-12)20-6-8-21(9-7-20)15(22)14-5-2-10-23-14;/h1-5,10-11H,6-9H2;1H. The Kier molecular flexibility index (Phi) is 5.56. The zero-order chi connectivity index (χ0) is 16.4. The Morgan fingerprint density at radius 1 is 1.12 bits per heavy atom. The molecule has 1 aromatic carbocycles. The summed E-state index contributed by atoms with van der Waals surface area (Å²) in [5.41, 5.74) is -0.0403. The molecule has 1 saturated heterocycles. The number of nitrogens with one attached hydrogen (secondary N) is 1. The third-order valence-electron chi connectivity index (χ3n) is 3.98. The fourth-order valence-corrected chi connectivity index (χ4v) is 2.74. The molecule has 2 heterocycles. The summed E-state index contributed by atoms with van der Waals surface area (Å²) in [5, 5.41) is 0. The van der Waals surface area contributed by atoms with E-state index in [1.54, 1.807) is 23.1 Å². The second kappa shape index (κ2) is 7.27. The molecule has 1 aliphatic rings. The molecule has 1 amide bonds. The maximum Gasteiger partial charge on any atom is 0.416 e. The first-order valence-electron chi connectivity index (χ1n) is 7.30. The molecule has 8 heteroatoms. The molecule has 0 spiro atoms. The molecule has 130 valence electrons. The Hall–Kier alpha value is -1.99. The van der Waals surface area contributed by atoms with Crippen molar-refractivity contribution in [3.8, 4) is 0 Å². The molecule has 0 atom stereocenters. The number of hydrogen-bond donors (Lipinski definition) is 1. The van der Waals surface area contributed by atoms with Crippen LogP contribution in [0.15, 0.2) is 47.1 Å². The average Bonchev–Trinajstić information content (AvgIpc) is 3.08. The highest BCUT2D eigenvalue weighted by atomic mass is 35.5. The molecule has 0 radical (unpaired) electrons. The molecule has 0 saturated carbocycles. The molecule has 0 aliphatic carbocycles. The first-order chi connectivity index (χ1) is 10.9. The number of hydrogen-bond acceptors (Lipinski definition) is 2. The monoisotopic (exact) mass is 360 g/mol. The predicted octanol–water partition coefficient (Wildman–Crippen LogP) is -1.03. The van der Waals surface area contributed by atoms with Crippen molar-refractivity contribution in [3.63, 3.8) is 0 Å². The molecule has 4 nitrogen and oxygen atoms in total. The zero-order valence-corrected chi connectivity index (χ0v) is 13.4. The van der Waals surface area contributed by atoms with Gasteiger partial charge in [-0.3, -0.25) is 9.69 Å². The van der Waals surface area contributed by atoms with Crippen LogP contribution in [0.5, 0.6) is 0 Å². The maximum atomic E-state index is 12.8. The largest absolute Gasteiger partial charge is 1.00 e. The lowest BCUT2D eigenvalue weighted by Crippen LogP contribution is -3.10. The van der Waals surface area contributed by atoms with Crippen molar-refractivity contribution in [1.82, 2.24) is 4.90 Å². The van der Waals surface area contributed by atoms with E-state index in [4.69, 9.17) is 4.42 Å². The van der Waals surface area contributed by atoms with Gasteiger partial charge in [0, 0.05) is 6.07 Å². The number of carbonyl (C=O) groups excluding carboxylic acids is 1. The zero-order valence-electron chi connectivity index (χ0n) is 12.6. The van der Waals surface area contributed by atoms with Gasteiger partial charge in [0.1, 0.15) is 5.69 Å². The summed E-state index contributed by atoms with van der Waals surface area (Å²) in [5.74, 6) is 0.102. The number of nitrogens with zero attached hydrogens (tertiary/aromatic N) is 1. The van der Waals surface area contributed by atoms with Gasteiger partial charge in [0.2, 0.25) is 0 Å². The van der Waals surface area contributed by atoms with Crippen molar-refractivity contribution in [3.05, 3.63) is 54.0 Å². The minimum absolute atomic E-state index is 0. The van der Waals surface area contributed by atoms with E-state index < -0.39 is 11.7 Å². The van der Waals surface area contributed by atoms with Crippen LogP contribution in [0.3, 0.4) is 0 Å². The lowest BCUT2D eigenvalue weighted by Gasteiger charge is -2.31. The summed E-state index contributed by atoms with van der Waals surface area (Å²) < 4.78 is 43.5. The first-order valence-corrected chi connectivity index (χ1v) is 7.30. The van der Waals surface area contributed by atoms with Gasteiger partial charge in [-0.15, -0.1) is 0 Å². The number of furan rings is 1. The second-order valence-corrected chi connectivity index (χ2v) is 5.45. The summed E-state index contributed by atoms with van der Waals surface area (Å²) in [6.45, 7) is 2.08. The molecule has 1 fully saturated rings. The number of rotatable bonds is 2. The van der Waals surface area contributed by atoms with E-state index in [-0.39, 0.29) is 24.1 Å². The molecular weight excluding hydrogens is 345 g/mol. The molecule has 3 rings (SSSR count). The van der Waals surface area contributed by atoms with Crippen molar-refractivity contribution < 1.29 is 39.7 Å². The Balaban J connectivity index is 0.00000208. The summed E-state index contributed by atoms with van der Waals surface area (Å²) in [6, 6.07) is 8.62. The van der Waals surface area contributed by atoms with Gasteiger partial charge < -0.3 is 21.7 Å². The summed E-state index contributed by atoms with van der Waals surface area (Å²) in [7, 11) is 0. The minimum atomic E-state index is -4.34. The summed E-state index contributed by atoms with van der Waals surface area (Å²) in [4.78, 5) is 14.8. The smallest absolute Gasteiger partial charge is 0.416 e. The second-order valence-electron chi connectivity index (χ2n) is 5.45. The van der Waals surface area contributed by atoms with Crippen molar-refractivity contribution in [2.24, 2.45) is 0 Å². The Morgan fingerprint density at radius 2 is 1.83 bits per heavy atom. The van der Waals surface area contributed by atoms with Crippen LogP contribution in [-0.2, 0) is 6.18 Å². The fourth-order valence-electron chi connectivity index (χ4n) is 2.74. The van der Waals surface area contributed by atoms with Crippen molar-refractivity contribution in [2.75, 3.05) is 26.2 Å². The van der Waals surface area contributed by atoms with Crippen LogP contribution in [0, 0.1) is 0 Å². The van der Waals surface area contributed by atoms with E-state index in [0.717, 1.165) is 11.0 Å².